The van der Waals surface area contributed by atoms with Crippen molar-refractivity contribution in [3.05, 3.63) is 68.7 Å². The predicted molar refractivity (Wildman–Crippen MR) is 112 cm³/mol. The van der Waals surface area contributed by atoms with Gasteiger partial charge in [0.05, 0.1) is 27.8 Å². The van der Waals surface area contributed by atoms with Crippen LogP contribution in [-0.4, -0.2) is 31.7 Å². The average Bonchev–Trinajstić information content (AvgIpc) is 2.67. The highest BCUT2D eigenvalue weighted by molar-refractivity contribution is 6.33. The lowest BCUT2D eigenvalue weighted by atomic mass is 10.2. The second-order valence-electron chi connectivity index (χ2n) is 5.73. The molecule has 28 heavy (non-hydrogen) atoms. The Morgan fingerprint density at radius 1 is 1.21 bits per heavy atom. The molecule has 0 atom stereocenters. The van der Waals surface area contributed by atoms with Gasteiger partial charge in [-0.2, -0.15) is 0 Å². The highest BCUT2D eigenvalue weighted by Crippen LogP contribution is 2.36. The van der Waals surface area contributed by atoms with Gasteiger partial charge >= 0.3 is 0 Å². The summed E-state index contributed by atoms with van der Waals surface area (Å²) in [7, 11) is 1.56. The van der Waals surface area contributed by atoms with Crippen LogP contribution < -0.4 is 20.1 Å². The Labute approximate surface area is 173 Å². The Morgan fingerprint density at radius 3 is 2.64 bits per heavy atom. The summed E-state index contributed by atoms with van der Waals surface area (Å²) in [6.45, 7) is 5.75. The number of anilines is 1. The molecule has 0 aromatic heterocycles. The summed E-state index contributed by atoms with van der Waals surface area (Å²) in [6.07, 6.45) is 1.63. The third kappa shape index (κ3) is 6.02. The van der Waals surface area contributed by atoms with Crippen molar-refractivity contribution in [1.82, 2.24) is 5.32 Å². The van der Waals surface area contributed by atoms with Gasteiger partial charge in [-0.15, -0.1) is 0 Å². The summed E-state index contributed by atoms with van der Waals surface area (Å²) in [5, 5.41) is 17.9. The summed E-state index contributed by atoms with van der Waals surface area (Å²) in [5.74, 6) is 1.05. The second-order valence-corrected chi connectivity index (χ2v) is 6.55. The van der Waals surface area contributed by atoms with Crippen LogP contribution >= 0.6 is 23.2 Å². The van der Waals surface area contributed by atoms with E-state index < -0.39 is 4.92 Å². The molecular formula is C19H21Cl2N3O4. The summed E-state index contributed by atoms with van der Waals surface area (Å²) < 4.78 is 10.9. The van der Waals surface area contributed by atoms with E-state index >= 15 is 0 Å². The van der Waals surface area contributed by atoms with E-state index in [1.165, 1.54) is 12.1 Å². The van der Waals surface area contributed by atoms with Crippen LogP contribution in [0.5, 0.6) is 11.5 Å². The average molecular weight is 426 g/mol. The molecule has 0 amide bonds. The fourth-order valence-electron chi connectivity index (χ4n) is 2.44. The van der Waals surface area contributed by atoms with Crippen LogP contribution in [0.3, 0.4) is 0 Å². The number of non-ortho nitro benzene ring substituents is 1. The van der Waals surface area contributed by atoms with Crippen molar-refractivity contribution in [2.45, 2.75) is 6.54 Å². The molecule has 0 unspecified atom stereocenters. The van der Waals surface area contributed by atoms with Crippen molar-refractivity contribution < 1.29 is 14.4 Å². The molecule has 9 heteroatoms. The molecule has 0 saturated heterocycles. The van der Waals surface area contributed by atoms with Crippen LogP contribution in [0.2, 0.25) is 10.0 Å². The number of nitrogens with one attached hydrogen (secondary N) is 2. The summed E-state index contributed by atoms with van der Waals surface area (Å²) in [4.78, 5) is 10.2. The molecule has 0 spiro atoms. The third-order valence-corrected chi connectivity index (χ3v) is 4.34. The molecule has 0 fully saturated rings. The number of hydrogen-bond acceptors (Lipinski definition) is 6. The first-order valence-corrected chi connectivity index (χ1v) is 9.20. The maximum absolute atomic E-state index is 10.7. The minimum atomic E-state index is -0.482. The zero-order chi connectivity index (χ0) is 20.5. The first-order chi connectivity index (χ1) is 13.5. The Kier molecular flexibility index (Phi) is 8.38. The predicted octanol–water partition coefficient (Wildman–Crippen LogP) is 4.68. The molecule has 0 aliphatic carbocycles. The number of hydrogen-bond donors (Lipinski definition) is 2. The number of ether oxygens (including phenoxy) is 2. The Bertz CT molecular complexity index is 846. The molecule has 0 radical (unpaired) electrons. The monoisotopic (exact) mass is 425 g/mol. The number of methoxy groups -OCH3 is 1. The molecule has 7 nitrogen and oxygen atoms in total. The number of rotatable bonds is 11. The van der Waals surface area contributed by atoms with Crippen molar-refractivity contribution in [1.29, 1.82) is 0 Å². The minimum Gasteiger partial charge on any atom is -0.493 e. The van der Waals surface area contributed by atoms with Crippen LogP contribution in [-0.2, 0) is 6.54 Å². The van der Waals surface area contributed by atoms with Crippen molar-refractivity contribution in [2.24, 2.45) is 0 Å². The van der Waals surface area contributed by atoms with Gasteiger partial charge in [-0.3, -0.25) is 10.1 Å². The second kappa shape index (κ2) is 10.8. The number of nitro benzene ring substituents is 1. The third-order valence-electron chi connectivity index (χ3n) is 3.74. The molecule has 2 aromatic rings. The normalized spacial score (nSPS) is 10.4. The molecule has 2 N–H and O–H groups in total. The van der Waals surface area contributed by atoms with Gasteiger partial charge in [0, 0.05) is 31.8 Å². The Balaban J connectivity index is 1.86. The van der Waals surface area contributed by atoms with E-state index in [4.69, 9.17) is 32.7 Å². The number of nitro groups is 1. The first kappa shape index (κ1) is 21.8. The van der Waals surface area contributed by atoms with Gasteiger partial charge in [0.15, 0.2) is 11.5 Å². The van der Waals surface area contributed by atoms with E-state index in [1.807, 2.05) is 12.1 Å². The lowest BCUT2D eigenvalue weighted by Crippen LogP contribution is -2.22. The number of benzene rings is 2. The number of nitrogens with zero attached hydrogens (tertiary/aromatic N) is 1. The van der Waals surface area contributed by atoms with Gasteiger partial charge in [0.2, 0.25) is 0 Å². The van der Waals surface area contributed by atoms with E-state index in [-0.39, 0.29) is 5.69 Å². The lowest BCUT2D eigenvalue weighted by molar-refractivity contribution is -0.384. The van der Waals surface area contributed by atoms with Gasteiger partial charge in [-0.25, -0.2) is 0 Å². The van der Waals surface area contributed by atoms with E-state index in [9.17, 15) is 10.1 Å². The summed E-state index contributed by atoms with van der Waals surface area (Å²) in [5.41, 5.74) is 1.55. The van der Waals surface area contributed by atoms with Gasteiger partial charge < -0.3 is 20.1 Å². The zero-order valence-corrected chi connectivity index (χ0v) is 16.8. The van der Waals surface area contributed by atoms with Crippen molar-refractivity contribution in [3.8, 4) is 11.5 Å². The van der Waals surface area contributed by atoms with E-state index in [1.54, 1.807) is 19.3 Å². The fourth-order valence-corrected chi connectivity index (χ4v) is 2.97. The molecule has 0 bridgehead atoms. The van der Waals surface area contributed by atoms with Crippen molar-refractivity contribution >= 4 is 34.6 Å². The van der Waals surface area contributed by atoms with Crippen LogP contribution in [0, 0.1) is 10.1 Å². The quantitative estimate of drug-likeness (QED) is 0.235. The maximum atomic E-state index is 10.7. The van der Waals surface area contributed by atoms with Gasteiger partial charge in [-0.05, 0) is 23.8 Å². The largest absolute Gasteiger partial charge is 0.493 e. The SMILES string of the molecule is C=CCOc1c(Cl)cc(CNCCNc2ccc([N+](=O)[O-])cc2Cl)cc1OC. The topological polar surface area (TPSA) is 85.7 Å². The van der Waals surface area contributed by atoms with Crippen LogP contribution in [0.15, 0.2) is 43.0 Å². The zero-order valence-electron chi connectivity index (χ0n) is 15.3. The fraction of sp³-hybridized carbons (Fsp3) is 0.263. The number of halogens is 2. The summed E-state index contributed by atoms with van der Waals surface area (Å²) >= 11 is 12.3. The van der Waals surface area contributed by atoms with Gasteiger partial charge in [0.1, 0.15) is 6.61 Å². The lowest BCUT2D eigenvalue weighted by Gasteiger charge is -2.14. The van der Waals surface area contributed by atoms with Gasteiger partial charge in [-0.1, -0.05) is 35.9 Å². The standard InChI is InChI=1S/C19H21Cl2N3O4/c1-3-8-28-19-16(21)9-13(10-18(19)27-2)12-22-6-7-23-17-5-4-14(24(25)26)11-15(17)20/h3-5,9-11,22-23H,1,6-8,12H2,2H3. The van der Waals surface area contributed by atoms with Crippen molar-refractivity contribution in [2.75, 3.05) is 32.1 Å². The molecule has 0 saturated carbocycles. The highest BCUT2D eigenvalue weighted by Gasteiger charge is 2.12. The Hall–Kier alpha value is -2.48. The van der Waals surface area contributed by atoms with Crippen LogP contribution in [0.1, 0.15) is 5.56 Å². The van der Waals surface area contributed by atoms with Crippen LogP contribution in [0.25, 0.3) is 0 Å². The van der Waals surface area contributed by atoms with Gasteiger partial charge in [0.25, 0.3) is 5.69 Å². The first-order valence-electron chi connectivity index (χ1n) is 8.45. The smallest absolute Gasteiger partial charge is 0.271 e. The minimum absolute atomic E-state index is 0.0417. The summed E-state index contributed by atoms with van der Waals surface area (Å²) in [6, 6.07) is 7.99. The molecule has 2 aromatic carbocycles. The molecule has 0 heterocycles. The molecule has 2 rings (SSSR count). The molecule has 0 aliphatic heterocycles. The molecule has 0 aliphatic rings. The maximum Gasteiger partial charge on any atom is 0.271 e. The Morgan fingerprint density at radius 2 is 2.00 bits per heavy atom. The molecular weight excluding hydrogens is 405 g/mol. The van der Waals surface area contributed by atoms with Crippen LogP contribution in [0.4, 0.5) is 11.4 Å². The van der Waals surface area contributed by atoms with E-state index in [2.05, 4.69) is 17.2 Å². The molecule has 150 valence electrons. The van der Waals surface area contributed by atoms with E-state index in [0.717, 1.165) is 5.56 Å². The van der Waals surface area contributed by atoms with E-state index in [0.29, 0.717) is 53.5 Å². The van der Waals surface area contributed by atoms with Crippen molar-refractivity contribution in [3.63, 3.8) is 0 Å². The highest BCUT2D eigenvalue weighted by atomic mass is 35.5.